The zero-order chi connectivity index (χ0) is 21.5. The summed E-state index contributed by atoms with van der Waals surface area (Å²) in [6.45, 7) is 14.1. The SMILES string of the molecule is CC1C=CC=CC1.CCN(CCCNC(C)C)CS/C(=C(/C)N)c1ccccc1. The second kappa shape index (κ2) is 15.4. The number of rotatable bonds is 10. The van der Waals surface area contributed by atoms with Gasteiger partial charge in [0.1, 0.15) is 0 Å². The second-order valence-corrected chi connectivity index (χ2v) is 8.81. The summed E-state index contributed by atoms with van der Waals surface area (Å²) in [4.78, 5) is 3.66. The van der Waals surface area contributed by atoms with Gasteiger partial charge in [-0.2, -0.15) is 0 Å². The Hall–Kier alpha value is -1.49. The van der Waals surface area contributed by atoms with E-state index < -0.39 is 0 Å². The van der Waals surface area contributed by atoms with Crippen LogP contribution in [-0.2, 0) is 0 Å². The molecule has 1 aromatic rings. The maximum absolute atomic E-state index is 6.08. The number of hydrogen-bond donors (Lipinski definition) is 2. The molecule has 0 aliphatic heterocycles. The highest BCUT2D eigenvalue weighted by Gasteiger charge is 2.08. The number of nitrogens with two attached hydrogens (primary N) is 1. The van der Waals surface area contributed by atoms with E-state index in [4.69, 9.17) is 5.73 Å². The Morgan fingerprint density at radius 3 is 2.45 bits per heavy atom. The van der Waals surface area contributed by atoms with Crippen LogP contribution >= 0.6 is 11.8 Å². The predicted octanol–water partition coefficient (Wildman–Crippen LogP) is 5.87. The van der Waals surface area contributed by atoms with Gasteiger partial charge in [-0.25, -0.2) is 0 Å². The van der Waals surface area contributed by atoms with Gasteiger partial charge in [-0.05, 0) is 44.3 Å². The summed E-state index contributed by atoms with van der Waals surface area (Å²) in [6.07, 6.45) is 11.0. The molecule has 0 radical (unpaired) electrons. The quantitative estimate of drug-likeness (QED) is 0.370. The first-order valence-corrected chi connectivity index (χ1v) is 11.9. The molecule has 1 aliphatic carbocycles. The van der Waals surface area contributed by atoms with Gasteiger partial charge in [0.25, 0.3) is 0 Å². The number of benzene rings is 1. The lowest BCUT2D eigenvalue weighted by Crippen LogP contribution is -2.29. The molecule has 3 nitrogen and oxygen atoms in total. The fraction of sp³-hybridized carbons (Fsp3) is 0.520. The summed E-state index contributed by atoms with van der Waals surface area (Å²) in [5.41, 5.74) is 8.19. The Bertz CT molecular complexity index is 631. The minimum absolute atomic E-state index is 0.567. The van der Waals surface area contributed by atoms with Crippen molar-refractivity contribution < 1.29 is 0 Å². The van der Waals surface area contributed by atoms with E-state index in [1.807, 2.05) is 24.8 Å². The van der Waals surface area contributed by atoms with Crippen LogP contribution in [0.3, 0.4) is 0 Å². The fourth-order valence-electron chi connectivity index (χ4n) is 2.88. The van der Waals surface area contributed by atoms with Gasteiger partial charge in [-0.15, -0.1) is 11.8 Å². The lowest BCUT2D eigenvalue weighted by molar-refractivity contribution is 0.329. The molecule has 4 heteroatoms. The summed E-state index contributed by atoms with van der Waals surface area (Å²) >= 11 is 1.84. The molecular weight excluding hydrogens is 374 g/mol. The van der Waals surface area contributed by atoms with Crippen LogP contribution < -0.4 is 11.1 Å². The smallest absolute Gasteiger partial charge is 0.0492 e. The van der Waals surface area contributed by atoms with Gasteiger partial charge >= 0.3 is 0 Å². The molecule has 1 atom stereocenters. The van der Waals surface area contributed by atoms with Crippen molar-refractivity contribution in [2.24, 2.45) is 11.7 Å². The Morgan fingerprint density at radius 2 is 1.97 bits per heavy atom. The van der Waals surface area contributed by atoms with Crippen molar-refractivity contribution in [3.05, 3.63) is 65.9 Å². The lowest BCUT2D eigenvalue weighted by atomic mass is 10.0. The van der Waals surface area contributed by atoms with Crippen molar-refractivity contribution in [3.63, 3.8) is 0 Å². The van der Waals surface area contributed by atoms with Crippen LogP contribution in [-0.4, -0.2) is 36.5 Å². The molecule has 0 fully saturated rings. The minimum Gasteiger partial charge on any atom is -0.401 e. The molecule has 1 unspecified atom stereocenters. The highest BCUT2D eigenvalue weighted by molar-refractivity contribution is 8.08. The van der Waals surface area contributed by atoms with Gasteiger partial charge in [-0.1, -0.05) is 82.3 Å². The standard InChI is InChI=1S/C18H31N3S.C7H10/c1-5-21(13-9-12-20-15(2)3)14-22-18(16(4)19)17-10-7-6-8-11-17;1-7-5-3-2-4-6-7/h6-8,10-11,15,20H,5,9,12-14,19H2,1-4H3;2-5,7H,6H2,1H3/b18-16-;. The Labute approximate surface area is 183 Å². The van der Waals surface area contributed by atoms with Crippen LogP contribution in [0.15, 0.2) is 60.3 Å². The van der Waals surface area contributed by atoms with E-state index in [-0.39, 0.29) is 0 Å². The van der Waals surface area contributed by atoms with Gasteiger partial charge in [0.2, 0.25) is 0 Å². The van der Waals surface area contributed by atoms with E-state index in [1.165, 1.54) is 23.3 Å². The highest BCUT2D eigenvalue weighted by Crippen LogP contribution is 2.29. The van der Waals surface area contributed by atoms with E-state index in [1.54, 1.807) is 0 Å². The molecule has 0 saturated carbocycles. The zero-order valence-electron chi connectivity index (χ0n) is 19.0. The van der Waals surface area contributed by atoms with Gasteiger partial charge in [0.15, 0.2) is 0 Å². The van der Waals surface area contributed by atoms with E-state index in [0.717, 1.165) is 37.1 Å². The fourth-order valence-corrected chi connectivity index (χ4v) is 4.04. The topological polar surface area (TPSA) is 41.3 Å². The molecule has 0 aromatic heterocycles. The number of nitrogens with zero attached hydrogens (tertiary/aromatic N) is 1. The van der Waals surface area contributed by atoms with Gasteiger partial charge < -0.3 is 11.1 Å². The second-order valence-electron chi connectivity index (χ2n) is 7.85. The maximum Gasteiger partial charge on any atom is 0.0492 e. The molecule has 0 amide bonds. The van der Waals surface area contributed by atoms with E-state index >= 15 is 0 Å². The first-order valence-electron chi connectivity index (χ1n) is 10.9. The van der Waals surface area contributed by atoms with Crippen LogP contribution in [0.1, 0.15) is 53.0 Å². The van der Waals surface area contributed by atoms with Crippen molar-refractivity contribution >= 4 is 16.7 Å². The summed E-state index contributed by atoms with van der Waals surface area (Å²) in [5, 5.41) is 3.47. The summed E-state index contributed by atoms with van der Waals surface area (Å²) < 4.78 is 0. The molecular formula is C25H41N3S. The lowest BCUT2D eigenvalue weighted by Gasteiger charge is -2.21. The monoisotopic (exact) mass is 415 g/mol. The van der Waals surface area contributed by atoms with Crippen LogP contribution in [0, 0.1) is 5.92 Å². The third-order valence-electron chi connectivity index (χ3n) is 4.63. The third-order valence-corrected chi connectivity index (χ3v) is 5.97. The molecule has 3 N–H and O–H groups in total. The Kier molecular flexibility index (Phi) is 13.5. The van der Waals surface area contributed by atoms with Crippen LogP contribution in [0.5, 0.6) is 0 Å². The molecule has 0 bridgehead atoms. The van der Waals surface area contributed by atoms with E-state index in [2.05, 4.69) is 86.5 Å². The molecule has 0 spiro atoms. The predicted molar refractivity (Wildman–Crippen MR) is 133 cm³/mol. The first-order chi connectivity index (χ1) is 13.9. The number of nitrogens with one attached hydrogen (secondary N) is 1. The minimum atomic E-state index is 0.567. The van der Waals surface area contributed by atoms with Crippen molar-refractivity contribution in [2.45, 2.75) is 53.5 Å². The Balaban J connectivity index is 0.000000502. The molecule has 2 rings (SSSR count). The molecule has 1 aliphatic rings. The van der Waals surface area contributed by atoms with Gasteiger partial charge in [0, 0.05) is 29.1 Å². The Morgan fingerprint density at radius 1 is 1.24 bits per heavy atom. The third kappa shape index (κ3) is 11.9. The molecule has 0 saturated heterocycles. The van der Waals surface area contributed by atoms with E-state index in [0.29, 0.717) is 6.04 Å². The van der Waals surface area contributed by atoms with Crippen molar-refractivity contribution in [1.82, 2.24) is 10.2 Å². The summed E-state index contributed by atoms with van der Waals surface area (Å²) in [7, 11) is 0. The van der Waals surface area contributed by atoms with Gasteiger partial charge in [0.05, 0.1) is 0 Å². The van der Waals surface area contributed by atoms with Crippen molar-refractivity contribution in [3.8, 4) is 0 Å². The maximum atomic E-state index is 6.08. The first kappa shape index (κ1) is 25.5. The van der Waals surface area contributed by atoms with Gasteiger partial charge in [-0.3, -0.25) is 4.90 Å². The van der Waals surface area contributed by atoms with E-state index in [9.17, 15) is 0 Å². The zero-order valence-corrected chi connectivity index (χ0v) is 19.8. The number of thioether (sulfide) groups is 1. The molecule has 1 aromatic carbocycles. The number of allylic oxidation sites excluding steroid dienone is 5. The normalized spacial score (nSPS) is 16.6. The molecule has 0 heterocycles. The van der Waals surface area contributed by atoms with Crippen LogP contribution in [0.4, 0.5) is 0 Å². The molecule has 29 heavy (non-hydrogen) atoms. The highest BCUT2D eigenvalue weighted by atomic mass is 32.2. The largest absolute Gasteiger partial charge is 0.401 e. The van der Waals surface area contributed by atoms with Crippen LogP contribution in [0.25, 0.3) is 4.91 Å². The average molecular weight is 416 g/mol. The van der Waals surface area contributed by atoms with Crippen molar-refractivity contribution in [2.75, 3.05) is 25.5 Å². The average Bonchev–Trinajstić information content (AvgIpc) is 2.71. The van der Waals surface area contributed by atoms with Crippen molar-refractivity contribution in [1.29, 1.82) is 0 Å². The summed E-state index contributed by atoms with van der Waals surface area (Å²) in [6, 6.07) is 11.0. The molecule has 162 valence electrons. The number of hydrogen-bond acceptors (Lipinski definition) is 4. The summed E-state index contributed by atoms with van der Waals surface area (Å²) in [5.74, 6) is 1.75. The van der Waals surface area contributed by atoms with Crippen LogP contribution in [0.2, 0.25) is 0 Å².